The monoisotopic (exact) mass is 242 g/mol. The lowest BCUT2D eigenvalue weighted by Crippen LogP contribution is -2.48. The number of benzene rings is 1. The third-order valence-corrected chi connectivity index (χ3v) is 3.89. The van der Waals surface area contributed by atoms with Gasteiger partial charge in [-0.15, -0.1) is 0 Å². The maximum Gasteiger partial charge on any atom is 0.234 e. The molecule has 1 aliphatic rings. The molecule has 1 atom stereocenters. The minimum Gasteiger partial charge on any atom is -0.506 e. The molecule has 16 heavy (non-hydrogen) atoms. The van der Waals surface area contributed by atoms with Gasteiger partial charge in [-0.25, -0.2) is 8.42 Å². The quantitative estimate of drug-likeness (QED) is 0.672. The van der Waals surface area contributed by atoms with Gasteiger partial charge in [-0.1, -0.05) is 12.1 Å². The molecule has 6 heteroatoms. The van der Waals surface area contributed by atoms with Gasteiger partial charge >= 0.3 is 0 Å². The molecule has 3 N–H and O–H groups in total. The van der Waals surface area contributed by atoms with E-state index in [-0.39, 0.29) is 23.2 Å². The van der Waals surface area contributed by atoms with E-state index in [1.165, 1.54) is 12.1 Å². The van der Waals surface area contributed by atoms with Crippen LogP contribution in [-0.2, 0) is 10.0 Å². The highest BCUT2D eigenvalue weighted by Crippen LogP contribution is 2.23. The Kier molecular flexibility index (Phi) is 3.02. The number of rotatable bonds is 4. The van der Waals surface area contributed by atoms with E-state index in [2.05, 4.69) is 10.0 Å². The van der Waals surface area contributed by atoms with E-state index in [1.807, 2.05) is 0 Å². The average Bonchev–Trinajstić information content (AvgIpc) is 2.16. The highest BCUT2D eigenvalue weighted by Gasteiger charge is 2.24. The van der Waals surface area contributed by atoms with E-state index in [4.69, 9.17) is 0 Å². The fourth-order valence-electron chi connectivity index (χ4n) is 1.52. The third-order valence-electron chi connectivity index (χ3n) is 2.52. The van der Waals surface area contributed by atoms with Gasteiger partial charge in [0, 0.05) is 6.04 Å². The van der Waals surface area contributed by atoms with Gasteiger partial charge in [0.05, 0.1) is 11.4 Å². The molecule has 0 aromatic heterocycles. The zero-order chi connectivity index (χ0) is 11.6. The Morgan fingerprint density at radius 3 is 2.69 bits per heavy atom. The van der Waals surface area contributed by atoms with Crippen LogP contribution < -0.4 is 10.0 Å². The van der Waals surface area contributed by atoms with E-state index in [0.717, 1.165) is 13.0 Å². The predicted molar refractivity (Wildman–Crippen MR) is 61.9 cm³/mol. The summed E-state index contributed by atoms with van der Waals surface area (Å²) in [7, 11) is -3.39. The summed E-state index contributed by atoms with van der Waals surface area (Å²) in [6.07, 6.45) is 0.877. The zero-order valence-electron chi connectivity index (χ0n) is 8.68. The van der Waals surface area contributed by atoms with E-state index in [0.29, 0.717) is 0 Å². The van der Waals surface area contributed by atoms with Gasteiger partial charge in [0.25, 0.3) is 0 Å². The Hall–Kier alpha value is -1.27. The van der Waals surface area contributed by atoms with Gasteiger partial charge in [0.15, 0.2) is 0 Å². The van der Waals surface area contributed by atoms with Gasteiger partial charge in [-0.05, 0) is 25.1 Å². The Labute approximate surface area is 94.5 Å². The van der Waals surface area contributed by atoms with Crippen LogP contribution in [0.1, 0.15) is 6.42 Å². The molecule has 1 aromatic rings. The molecule has 0 aliphatic carbocycles. The minimum atomic E-state index is -3.39. The highest BCUT2D eigenvalue weighted by atomic mass is 32.2. The number of hydrogen-bond acceptors (Lipinski definition) is 4. The van der Waals surface area contributed by atoms with Crippen LogP contribution in [-0.4, -0.2) is 31.9 Å². The van der Waals surface area contributed by atoms with Gasteiger partial charge in [-0.3, -0.25) is 4.72 Å². The lowest BCUT2D eigenvalue weighted by molar-refractivity contribution is 0.399. The molecule has 0 radical (unpaired) electrons. The lowest BCUT2D eigenvalue weighted by atomic mass is 10.1. The molecule has 1 heterocycles. The van der Waals surface area contributed by atoms with Crippen LogP contribution in [0, 0.1) is 0 Å². The fourth-order valence-corrected chi connectivity index (χ4v) is 2.93. The number of sulfonamides is 1. The summed E-state index contributed by atoms with van der Waals surface area (Å²) >= 11 is 0. The van der Waals surface area contributed by atoms with Crippen molar-refractivity contribution in [3.63, 3.8) is 0 Å². The highest BCUT2D eigenvalue weighted by molar-refractivity contribution is 7.92. The molecule has 1 saturated heterocycles. The lowest BCUT2D eigenvalue weighted by Gasteiger charge is -2.27. The van der Waals surface area contributed by atoms with E-state index in [1.54, 1.807) is 12.1 Å². The summed E-state index contributed by atoms with van der Waals surface area (Å²) in [5.41, 5.74) is 0.224. The molecular formula is C10H14N2O3S. The number of nitrogens with one attached hydrogen (secondary N) is 2. The maximum atomic E-state index is 11.7. The van der Waals surface area contributed by atoms with E-state index in [9.17, 15) is 13.5 Å². The number of para-hydroxylation sites is 2. The molecule has 1 aliphatic heterocycles. The summed E-state index contributed by atoms with van der Waals surface area (Å²) in [6, 6.07) is 6.31. The first kappa shape index (κ1) is 11.2. The summed E-state index contributed by atoms with van der Waals surface area (Å²) in [4.78, 5) is 0. The van der Waals surface area contributed by atoms with Crippen LogP contribution in [0.15, 0.2) is 24.3 Å². The van der Waals surface area contributed by atoms with Crippen molar-refractivity contribution in [2.75, 3.05) is 17.0 Å². The number of phenols is 1. The Balaban J connectivity index is 2.05. The summed E-state index contributed by atoms with van der Waals surface area (Å²) in [5, 5.41) is 12.5. The molecule has 1 unspecified atom stereocenters. The van der Waals surface area contributed by atoms with Crippen LogP contribution >= 0.6 is 0 Å². The van der Waals surface area contributed by atoms with Crippen LogP contribution in [0.3, 0.4) is 0 Å². The molecule has 2 rings (SSSR count). The van der Waals surface area contributed by atoms with Crippen molar-refractivity contribution in [2.24, 2.45) is 0 Å². The second-order valence-electron chi connectivity index (χ2n) is 3.84. The smallest absolute Gasteiger partial charge is 0.234 e. The van der Waals surface area contributed by atoms with Gasteiger partial charge < -0.3 is 10.4 Å². The molecule has 5 nitrogen and oxygen atoms in total. The first-order valence-corrected chi connectivity index (χ1v) is 6.74. The van der Waals surface area contributed by atoms with E-state index < -0.39 is 10.0 Å². The normalized spacial score (nSPS) is 20.1. The summed E-state index contributed by atoms with van der Waals surface area (Å²) < 4.78 is 25.8. The summed E-state index contributed by atoms with van der Waals surface area (Å²) in [6.45, 7) is 0.872. The molecule has 88 valence electrons. The fraction of sp³-hybridized carbons (Fsp3) is 0.400. The van der Waals surface area contributed by atoms with Crippen LogP contribution in [0.2, 0.25) is 0 Å². The van der Waals surface area contributed by atoms with Crippen LogP contribution in [0.25, 0.3) is 0 Å². The minimum absolute atomic E-state index is 0.0309. The second-order valence-corrected chi connectivity index (χ2v) is 5.61. The maximum absolute atomic E-state index is 11.7. The summed E-state index contributed by atoms with van der Waals surface area (Å²) in [5.74, 6) is -0.0194. The molecular weight excluding hydrogens is 228 g/mol. The third kappa shape index (κ3) is 2.65. The van der Waals surface area contributed by atoms with Crippen molar-refractivity contribution in [1.82, 2.24) is 5.32 Å². The van der Waals surface area contributed by atoms with Gasteiger partial charge in [0.2, 0.25) is 10.0 Å². The standard InChI is InChI=1S/C10H14N2O3S/c13-10-4-2-1-3-9(10)12-16(14,15)7-8-5-6-11-8/h1-4,8,11-13H,5-7H2. The van der Waals surface area contributed by atoms with E-state index >= 15 is 0 Å². The van der Waals surface area contributed by atoms with Gasteiger partial charge in [0.1, 0.15) is 5.75 Å². The molecule has 1 fully saturated rings. The van der Waals surface area contributed by atoms with Crippen molar-refractivity contribution in [2.45, 2.75) is 12.5 Å². The van der Waals surface area contributed by atoms with Gasteiger partial charge in [-0.2, -0.15) is 0 Å². The molecule has 0 saturated carbocycles. The predicted octanol–water partition coefficient (Wildman–Crippen LogP) is 0.496. The van der Waals surface area contributed by atoms with Crippen molar-refractivity contribution in [3.05, 3.63) is 24.3 Å². The van der Waals surface area contributed by atoms with Crippen molar-refractivity contribution in [1.29, 1.82) is 0 Å². The average molecular weight is 242 g/mol. The Morgan fingerprint density at radius 2 is 2.12 bits per heavy atom. The van der Waals surface area contributed by atoms with Crippen LogP contribution in [0.5, 0.6) is 5.75 Å². The molecule has 1 aromatic carbocycles. The first-order chi connectivity index (χ1) is 7.57. The molecule has 0 spiro atoms. The first-order valence-electron chi connectivity index (χ1n) is 5.09. The Bertz CT molecular complexity index is 469. The number of hydrogen-bond donors (Lipinski definition) is 3. The number of aromatic hydroxyl groups is 1. The van der Waals surface area contributed by atoms with Crippen molar-refractivity contribution < 1.29 is 13.5 Å². The Morgan fingerprint density at radius 1 is 1.44 bits per heavy atom. The number of phenolic OH excluding ortho intramolecular Hbond substituents is 1. The number of anilines is 1. The topological polar surface area (TPSA) is 78.4 Å². The van der Waals surface area contributed by atoms with Crippen LogP contribution in [0.4, 0.5) is 5.69 Å². The van der Waals surface area contributed by atoms with Crippen molar-refractivity contribution >= 4 is 15.7 Å². The second kappa shape index (κ2) is 4.31. The molecule has 0 amide bonds. The molecule has 0 bridgehead atoms. The van der Waals surface area contributed by atoms with Crippen molar-refractivity contribution in [3.8, 4) is 5.75 Å². The SMILES string of the molecule is O=S(=O)(CC1CCN1)Nc1ccccc1O. The largest absolute Gasteiger partial charge is 0.506 e. The zero-order valence-corrected chi connectivity index (χ0v) is 9.50.